The summed E-state index contributed by atoms with van der Waals surface area (Å²) in [5.74, 6) is 3.13. The molecule has 1 aromatic carbocycles. The molecule has 6 rings (SSSR count). The van der Waals surface area contributed by atoms with Crippen LogP contribution in [0.3, 0.4) is 0 Å². The molecule has 6 nitrogen and oxygen atoms in total. The Morgan fingerprint density at radius 1 is 1.10 bits per heavy atom. The van der Waals surface area contributed by atoms with Crippen molar-refractivity contribution in [2.24, 2.45) is 24.8 Å². The summed E-state index contributed by atoms with van der Waals surface area (Å²) in [6.07, 6.45) is 6.41. The van der Waals surface area contributed by atoms with Crippen LogP contribution in [0, 0.1) is 17.8 Å². The van der Waals surface area contributed by atoms with Crippen LogP contribution in [0.1, 0.15) is 56.8 Å². The maximum atomic E-state index is 14.3. The van der Waals surface area contributed by atoms with Crippen molar-refractivity contribution in [1.82, 2.24) is 24.6 Å². The maximum absolute atomic E-state index is 14.3. The molecule has 9 heteroatoms. The molecule has 4 heterocycles. The molecule has 1 saturated heterocycles. The van der Waals surface area contributed by atoms with Crippen LogP contribution in [0.4, 0.5) is 18.9 Å². The quantitative estimate of drug-likeness (QED) is 0.408. The number of hydrogen-bond donors (Lipinski definition) is 0. The van der Waals surface area contributed by atoms with Crippen molar-refractivity contribution in [2.75, 3.05) is 24.5 Å². The van der Waals surface area contributed by atoms with Gasteiger partial charge in [0.1, 0.15) is 18.0 Å². The fourth-order valence-electron chi connectivity index (χ4n) is 6.86. The number of anilines is 1. The van der Waals surface area contributed by atoms with Gasteiger partial charge in [0.25, 0.3) is 0 Å². The lowest BCUT2D eigenvalue weighted by molar-refractivity contribution is -0.0909. The summed E-state index contributed by atoms with van der Waals surface area (Å²) >= 11 is 0. The molecule has 0 N–H and O–H groups in total. The van der Waals surface area contributed by atoms with Crippen molar-refractivity contribution < 1.29 is 13.2 Å². The summed E-state index contributed by atoms with van der Waals surface area (Å²) in [4.78, 5) is 5.64. The lowest BCUT2D eigenvalue weighted by Gasteiger charge is -2.38. The topological polar surface area (TPSA) is 40.4 Å². The van der Waals surface area contributed by atoms with E-state index in [2.05, 4.69) is 47.7 Å². The van der Waals surface area contributed by atoms with Gasteiger partial charge in [0.15, 0.2) is 0 Å². The van der Waals surface area contributed by atoms with Crippen molar-refractivity contribution >= 4 is 5.69 Å². The molecule has 0 amide bonds. The van der Waals surface area contributed by atoms with E-state index in [1.807, 2.05) is 29.9 Å². The Balaban J connectivity index is 1.32. The highest BCUT2D eigenvalue weighted by molar-refractivity contribution is 5.64. The third-order valence-corrected chi connectivity index (χ3v) is 8.83. The highest BCUT2D eigenvalue weighted by Crippen LogP contribution is 2.47. The number of fused-ring (bicyclic) bond motifs is 1. The lowest BCUT2D eigenvalue weighted by Crippen LogP contribution is -2.36. The van der Waals surface area contributed by atoms with Gasteiger partial charge in [-0.2, -0.15) is 13.2 Å². The lowest BCUT2D eigenvalue weighted by atomic mass is 9.67. The molecule has 2 fully saturated rings. The van der Waals surface area contributed by atoms with E-state index < -0.39 is 11.7 Å². The first-order chi connectivity index (χ1) is 19.1. The van der Waals surface area contributed by atoms with Gasteiger partial charge in [-0.3, -0.25) is 4.90 Å². The minimum atomic E-state index is -4.48. The molecule has 4 aliphatic rings. The van der Waals surface area contributed by atoms with E-state index >= 15 is 0 Å². The number of piperidine rings is 1. The molecular weight excluding hydrogens is 513 g/mol. The van der Waals surface area contributed by atoms with E-state index in [1.54, 1.807) is 22.3 Å². The maximum Gasteiger partial charge on any atom is 0.418 e. The normalized spacial score (nSPS) is 26.2. The molecule has 2 atom stereocenters. The van der Waals surface area contributed by atoms with Gasteiger partial charge in [-0.15, -0.1) is 10.2 Å². The zero-order chi connectivity index (χ0) is 28.2. The number of rotatable bonds is 6. The van der Waals surface area contributed by atoms with Gasteiger partial charge in [-0.1, -0.05) is 32.6 Å². The number of alkyl halides is 3. The van der Waals surface area contributed by atoms with Crippen LogP contribution in [-0.4, -0.2) is 50.4 Å². The first-order valence-electron chi connectivity index (χ1n) is 14.2. The van der Waals surface area contributed by atoms with E-state index in [4.69, 9.17) is 0 Å². The smallest absolute Gasteiger partial charge is 0.320 e. The zero-order valence-corrected chi connectivity index (χ0v) is 23.4. The van der Waals surface area contributed by atoms with Gasteiger partial charge >= 0.3 is 6.18 Å². The summed E-state index contributed by atoms with van der Waals surface area (Å²) in [5.41, 5.74) is 2.00. The second kappa shape index (κ2) is 10.3. The Hall–Kier alpha value is -3.33. The van der Waals surface area contributed by atoms with Gasteiger partial charge in [0.2, 0.25) is 0 Å². The first kappa shape index (κ1) is 26.9. The van der Waals surface area contributed by atoms with Gasteiger partial charge < -0.3 is 14.4 Å². The van der Waals surface area contributed by atoms with Gasteiger partial charge in [-0.05, 0) is 79.3 Å². The van der Waals surface area contributed by atoms with Crippen molar-refractivity contribution in [3.05, 3.63) is 89.7 Å². The van der Waals surface area contributed by atoms with Crippen molar-refractivity contribution in [2.45, 2.75) is 51.6 Å². The summed E-state index contributed by atoms with van der Waals surface area (Å²) in [5, 5.41) is 8.56. The number of aromatic nitrogens is 3. The fourth-order valence-corrected chi connectivity index (χ4v) is 6.86. The number of nitrogens with zero attached hydrogens (tertiary/aromatic N) is 6. The largest absolute Gasteiger partial charge is 0.418 e. The molecule has 1 aliphatic carbocycles. The van der Waals surface area contributed by atoms with E-state index in [9.17, 15) is 13.2 Å². The molecule has 212 valence electrons. The monoisotopic (exact) mass is 550 g/mol. The number of benzene rings is 1. The predicted octanol–water partition coefficient (Wildman–Crippen LogP) is 6.55. The molecular formula is C31H37F3N6. The summed E-state index contributed by atoms with van der Waals surface area (Å²) in [6, 6.07) is 8.06. The Morgan fingerprint density at radius 2 is 1.90 bits per heavy atom. The number of aryl methyl sites for hydroxylation is 1. The Bertz CT molecular complexity index is 1380. The first-order valence-corrected chi connectivity index (χ1v) is 14.2. The molecule has 0 bridgehead atoms. The highest BCUT2D eigenvalue weighted by Gasteiger charge is 2.43. The number of halogens is 3. The average molecular weight is 551 g/mol. The van der Waals surface area contributed by atoms with Crippen molar-refractivity contribution in [1.29, 1.82) is 0 Å². The molecule has 1 unspecified atom stereocenters. The number of hydrogen-bond acceptors (Lipinski definition) is 5. The van der Waals surface area contributed by atoms with Crippen LogP contribution < -0.4 is 4.90 Å². The van der Waals surface area contributed by atoms with Crippen LogP contribution in [0.2, 0.25) is 0 Å². The molecule has 1 aromatic heterocycles. The van der Waals surface area contributed by atoms with Crippen LogP contribution in [0.5, 0.6) is 0 Å². The zero-order valence-electron chi connectivity index (χ0n) is 23.4. The molecule has 40 heavy (non-hydrogen) atoms. The van der Waals surface area contributed by atoms with E-state index in [-0.39, 0.29) is 11.6 Å². The Labute approximate surface area is 234 Å². The summed E-state index contributed by atoms with van der Waals surface area (Å²) in [7, 11) is 1.96. The molecule has 3 aliphatic heterocycles. The minimum Gasteiger partial charge on any atom is -0.320 e. The minimum absolute atomic E-state index is 0.0684. The van der Waals surface area contributed by atoms with Crippen LogP contribution in [-0.2, 0) is 7.05 Å². The SMILES string of the molecule is C=C1N2C=C(CN3CCC[C@H](C)C3)C=C(C(F)(F)F)C2=CN1c1cccc(C(c2nncn2C)C2CC(C)C2)c1. The van der Waals surface area contributed by atoms with E-state index in [0.29, 0.717) is 35.7 Å². The third-order valence-electron chi connectivity index (χ3n) is 8.83. The molecule has 2 aromatic rings. The number of likely N-dealkylation sites (tertiary alicyclic amines) is 1. The van der Waals surface area contributed by atoms with E-state index in [1.165, 1.54) is 12.5 Å². The summed E-state index contributed by atoms with van der Waals surface area (Å²) in [6.45, 7) is 11.0. The number of allylic oxidation sites excluding steroid dienone is 1. The Morgan fingerprint density at radius 3 is 2.58 bits per heavy atom. The van der Waals surface area contributed by atoms with Crippen LogP contribution in [0.15, 0.2) is 78.3 Å². The highest BCUT2D eigenvalue weighted by atomic mass is 19.4. The molecule has 0 radical (unpaired) electrons. The molecule has 1 saturated carbocycles. The molecule has 0 spiro atoms. The van der Waals surface area contributed by atoms with Gasteiger partial charge in [0.05, 0.1) is 11.3 Å². The standard InChI is InChI=1S/C31H37F3N6/c1-20-7-6-10-38(15-20)16-23-13-27(31(32,33)34)28-18-39(22(3)40(28)17-23)26-9-5-8-24(14-26)29(25-11-21(2)12-25)30-36-35-19-37(30)4/h5,8-9,13-14,17-21,25,29H,3,6-7,10-12,15-16H2,1-2,4H3/t20-,21?,25?,29?/m0/s1. The van der Waals surface area contributed by atoms with Crippen molar-refractivity contribution in [3.63, 3.8) is 0 Å². The van der Waals surface area contributed by atoms with Gasteiger partial charge in [-0.25, -0.2) is 0 Å². The summed E-state index contributed by atoms with van der Waals surface area (Å²) < 4.78 is 45.0. The third kappa shape index (κ3) is 5.00. The second-order valence-corrected chi connectivity index (χ2v) is 12.1. The van der Waals surface area contributed by atoms with Crippen LogP contribution in [0.25, 0.3) is 0 Å². The van der Waals surface area contributed by atoms with E-state index in [0.717, 1.165) is 49.4 Å². The predicted molar refractivity (Wildman–Crippen MR) is 150 cm³/mol. The average Bonchev–Trinajstić information content (AvgIpc) is 3.45. The second-order valence-electron chi connectivity index (χ2n) is 12.1. The van der Waals surface area contributed by atoms with Crippen molar-refractivity contribution in [3.8, 4) is 0 Å². The van der Waals surface area contributed by atoms with Crippen LogP contribution >= 0.6 is 0 Å². The fraction of sp³-hybridized carbons (Fsp3) is 0.484. The Kier molecular flexibility index (Phi) is 6.89. The van der Waals surface area contributed by atoms with Gasteiger partial charge in [0, 0.05) is 44.1 Å².